The monoisotopic (exact) mass is 250 g/mol. The smallest absolute Gasteiger partial charge is 0.0668 e. The van der Waals surface area contributed by atoms with Gasteiger partial charge in [0.15, 0.2) is 0 Å². The van der Waals surface area contributed by atoms with Gasteiger partial charge in [-0.05, 0) is 24.5 Å². The van der Waals surface area contributed by atoms with Crippen molar-refractivity contribution in [1.29, 1.82) is 0 Å². The molecule has 2 heteroatoms. The molecule has 1 aliphatic heterocycles. The topological polar surface area (TPSA) is 24.4 Å². The molecule has 0 aromatic rings. The number of nitrogens with one attached hydrogen (secondary N) is 1. The summed E-state index contributed by atoms with van der Waals surface area (Å²) in [7, 11) is 0. The zero-order valence-corrected chi connectivity index (χ0v) is 13.0. The van der Waals surface area contributed by atoms with Gasteiger partial charge in [0.1, 0.15) is 0 Å². The van der Waals surface area contributed by atoms with Gasteiger partial charge in [-0.25, -0.2) is 0 Å². The summed E-state index contributed by atoms with van der Waals surface area (Å²) in [5.74, 6) is 0.552. The fourth-order valence-corrected chi connectivity index (χ4v) is 1.63. The lowest BCUT2D eigenvalue weighted by Gasteiger charge is -2.25. The van der Waals surface area contributed by atoms with E-state index in [0.717, 1.165) is 12.3 Å². The molecule has 2 atom stereocenters. The van der Waals surface area contributed by atoms with Crippen LogP contribution in [0.1, 0.15) is 41.5 Å². The largest absolute Gasteiger partial charge is 0.310 e. The number of rotatable bonds is 3. The summed E-state index contributed by atoms with van der Waals surface area (Å²) in [6.45, 7) is 20.7. The van der Waals surface area contributed by atoms with Crippen LogP contribution in [0.2, 0.25) is 0 Å². The van der Waals surface area contributed by atoms with Gasteiger partial charge in [-0.3, -0.25) is 4.99 Å². The van der Waals surface area contributed by atoms with Crippen LogP contribution in [0.4, 0.5) is 0 Å². The van der Waals surface area contributed by atoms with Crippen LogP contribution in [-0.4, -0.2) is 18.3 Å². The third-order valence-corrected chi connectivity index (χ3v) is 2.40. The highest BCUT2D eigenvalue weighted by atomic mass is 14.9. The van der Waals surface area contributed by atoms with E-state index in [4.69, 9.17) is 0 Å². The first kappa shape index (κ1) is 19.2. The van der Waals surface area contributed by atoms with Crippen molar-refractivity contribution in [1.82, 2.24) is 5.32 Å². The average Bonchev–Trinajstić information content (AvgIpc) is 2.43. The molecule has 0 aliphatic carbocycles. The van der Waals surface area contributed by atoms with Crippen molar-refractivity contribution in [3.8, 4) is 0 Å². The molecule has 0 amide bonds. The van der Waals surface area contributed by atoms with Crippen molar-refractivity contribution >= 4 is 5.71 Å². The van der Waals surface area contributed by atoms with Gasteiger partial charge in [0.25, 0.3) is 0 Å². The molecule has 0 aromatic carbocycles. The van der Waals surface area contributed by atoms with Gasteiger partial charge >= 0.3 is 0 Å². The van der Waals surface area contributed by atoms with E-state index in [0.29, 0.717) is 12.0 Å². The van der Waals surface area contributed by atoms with Crippen molar-refractivity contribution in [2.75, 3.05) is 6.54 Å². The second kappa shape index (κ2) is 12.3. The summed E-state index contributed by atoms with van der Waals surface area (Å²) in [5.41, 5.74) is 2.14. The van der Waals surface area contributed by atoms with Crippen LogP contribution in [0.15, 0.2) is 42.1 Å². The van der Waals surface area contributed by atoms with Gasteiger partial charge in [-0.15, -0.1) is 0 Å². The van der Waals surface area contributed by atoms with Gasteiger partial charge in [-0.2, -0.15) is 0 Å². The predicted molar refractivity (Wildman–Crippen MR) is 85.2 cm³/mol. The lowest BCUT2D eigenvalue weighted by molar-refractivity contribution is 0.520. The highest BCUT2D eigenvalue weighted by molar-refractivity contribution is 6.09. The molecule has 1 heterocycles. The average molecular weight is 250 g/mol. The van der Waals surface area contributed by atoms with Crippen LogP contribution in [0.25, 0.3) is 0 Å². The Kier molecular flexibility index (Phi) is 13.1. The molecule has 104 valence electrons. The van der Waals surface area contributed by atoms with Crippen LogP contribution >= 0.6 is 0 Å². The van der Waals surface area contributed by atoms with Crippen LogP contribution in [0, 0.1) is 5.92 Å². The first-order valence-corrected chi connectivity index (χ1v) is 6.95. The Hall–Kier alpha value is -1.15. The Morgan fingerprint density at radius 3 is 2.28 bits per heavy atom. The first-order chi connectivity index (χ1) is 8.69. The van der Waals surface area contributed by atoms with Crippen molar-refractivity contribution < 1.29 is 0 Å². The molecule has 0 aromatic heterocycles. The SMILES string of the molecule is C=CN=C(C=C)C1=CC(C)CNC1C.CC.CC. The van der Waals surface area contributed by atoms with Crippen molar-refractivity contribution in [2.45, 2.75) is 47.6 Å². The first-order valence-electron chi connectivity index (χ1n) is 6.95. The number of hydrogen-bond donors (Lipinski definition) is 1. The minimum atomic E-state index is 0.350. The molecule has 1 N–H and O–H groups in total. The molecular formula is C16H30N2. The van der Waals surface area contributed by atoms with E-state index in [9.17, 15) is 0 Å². The molecule has 0 radical (unpaired) electrons. The molecule has 1 aliphatic rings. The fourth-order valence-electron chi connectivity index (χ4n) is 1.63. The van der Waals surface area contributed by atoms with E-state index in [-0.39, 0.29) is 0 Å². The maximum Gasteiger partial charge on any atom is 0.0668 e. The van der Waals surface area contributed by atoms with Gasteiger partial charge < -0.3 is 5.32 Å². The maximum absolute atomic E-state index is 4.21. The van der Waals surface area contributed by atoms with Crippen LogP contribution < -0.4 is 5.32 Å². The van der Waals surface area contributed by atoms with E-state index in [1.165, 1.54) is 5.57 Å². The second-order valence-electron chi connectivity index (χ2n) is 3.63. The Balaban J connectivity index is 0. The predicted octanol–water partition coefficient (Wildman–Crippen LogP) is 4.36. The zero-order valence-electron chi connectivity index (χ0n) is 13.0. The van der Waals surface area contributed by atoms with Crippen LogP contribution in [0.5, 0.6) is 0 Å². The molecule has 0 bridgehead atoms. The van der Waals surface area contributed by atoms with E-state index in [1.807, 2.05) is 27.7 Å². The summed E-state index contributed by atoms with van der Waals surface area (Å²) in [4.78, 5) is 4.21. The summed E-state index contributed by atoms with van der Waals surface area (Å²) in [6, 6.07) is 0.350. The van der Waals surface area contributed by atoms with E-state index < -0.39 is 0 Å². The standard InChI is InChI=1S/C12H18N2.2C2H6/c1-5-12(13-6-2)11-7-9(3)8-14-10(11)4;2*1-2/h5-7,9-10,14H,1-2,8H2,3-4H3;2*1-2H3. The summed E-state index contributed by atoms with van der Waals surface area (Å²) >= 11 is 0. The Morgan fingerprint density at radius 1 is 1.28 bits per heavy atom. The summed E-state index contributed by atoms with van der Waals surface area (Å²) in [5, 5.41) is 3.42. The lowest BCUT2D eigenvalue weighted by atomic mass is 9.94. The van der Waals surface area contributed by atoms with E-state index >= 15 is 0 Å². The number of allylic oxidation sites excluding steroid dienone is 1. The highest BCUT2D eigenvalue weighted by Gasteiger charge is 2.18. The quantitative estimate of drug-likeness (QED) is 0.739. The van der Waals surface area contributed by atoms with Crippen molar-refractivity contribution in [2.24, 2.45) is 10.9 Å². The Morgan fingerprint density at radius 2 is 1.83 bits per heavy atom. The van der Waals surface area contributed by atoms with E-state index in [1.54, 1.807) is 12.3 Å². The highest BCUT2D eigenvalue weighted by Crippen LogP contribution is 2.15. The molecule has 1 rings (SSSR count). The minimum Gasteiger partial charge on any atom is -0.310 e. The Labute approximate surface area is 114 Å². The van der Waals surface area contributed by atoms with E-state index in [2.05, 4.69) is 43.4 Å². The fraction of sp³-hybridized carbons (Fsp3) is 0.562. The number of aliphatic imine (C=N–C) groups is 1. The molecule has 0 saturated carbocycles. The number of nitrogens with zero attached hydrogens (tertiary/aromatic N) is 1. The Bertz CT molecular complexity index is 287. The molecule has 0 spiro atoms. The van der Waals surface area contributed by atoms with Gasteiger partial charge in [0.05, 0.1) is 5.71 Å². The summed E-state index contributed by atoms with van der Waals surface area (Å²) < 4.78 is 0. The summed E-state index contributed by atoms with van der Waals surface area (Å²) in [6.07, 6.45) is 5.60. The van der Waals surface area contributed by atoms with Gasteiger partial charge in [0.2, 0.25) is 0 Å². The molecular weight excluding hydrogens is 220 g/mol. The molecule has 2 nitrogen and oxygen atoms in total. The molecule has 0 fully saturated rings. The van der Waals surface area contributed by atoms with Crippen LogP contribution in [0.3, 0.4) is 0 Å². The second-order valence-corrected chi connectivity index (χ2v) is 3.63. The lowest BCUT2D eigenvalue weighted by Crippen LogP contribution is -2.38. The molecule has 2 unspecified atom stereocenters. The number of hydrogen-bond acceptors (Lipinski definition) is 2. The van der Waals surface area contributed by atoms with Crippen molar-refractivity contribution in [3.05, 3.63) is 37.1 Å². The maximum atomic E-state index is 4.21. The molecule has 0 saturated heterocycles. The molecule has 18 heavy (non-hydrogen) atoms. The van der Waals surface area contributed by atoms with Gasteiger partial charge in [0, 0.05) is 18.8 Å². The van der Waals surface area contributed by atoms with Crippen molar-refractivity contribution in [3.63, 3.8) is 0 Å². The minimum absolute atomic E-state index is 0.350. The third-order valence-electron chi connectivity index (χ3n) is 2.40. The van der Waals surface area contributed by atoms with Crippen LogP contribution in [-0.2, 0) is 0 Å². The normalized spacial score (nSPS) is 22.6. The van der Waals surface area contributed by atoms with Gasteiger partial charge in [-0.1, -0.05) is 53.9 Å². The zero-order chi connectivity index (χ0) is 14.6. The third kappa shape index (κ3) is 6.55.